The molecule has 0 spiro atoms. The molecule has 0 saturated carbocycles. The zero-order valence-corrected chi connectivity index (χ0v) is 16.4. The molecule has 0 saturated heterocycles. The van der Waals surface area contributed by atoms with Crippen LogP contribution in [0, 0.1) is 24.2 Å². The number of methoxy groups -OCH3 is 1. The number of ketones is 1. The number of hydrogen-bond acceptors (Lipinski definition) is 5. The van der Waals surface area contributed by atoms with Crippen LogP contribution in [0.4, 0.5) is 4.79 Å². The van der Waals surface area contributed by atoms with Gasteiger partial charge in [0, 0.05) is 24.8 Å². The first-order chi connectivity index (χ1) is 13.2. The fraction of sp³-hybridized carbons (Fsp3) is 0.381. The summed E-state index contributed by atoms with van der Waals surface area (Å²) in [7, 11) is 1.37. The van der Waals surface area contributed by atoms with Crippen molar-refractivity contribution in [2.24, 2.45) is 0 Å². The zero-order valence-electron chi connectivity index (χ0n) is 16.4. The summed E-state index contributed by atoms with van der Waals surface area (Å²) in [6.07, 6.45) is 4.39. The molecule has 1 aromatic rings. The van der Waals surface area contributed by atoms with Crippen LogP contribution in [-0.4, -0.2) is 49.7 Å². The highest BCUT2D eigenvalue weighted by atomic mass is 16.6. The van der Waals surface area contributed by atoms with Gasteiger partial charge in [-0.25, -0.2) is 4.79 Å². The molecular formula is C21H24N2O5. The van der Waals surface area contributed by atoms with Crippen molar-refractivity contribution >= 4 is 17.8 Å². The minimum Gasteiger partial charge on any atom is -0.444 e. The van der Waals surface area contributed by atoms with Crippen LogP contribution in [0.15, 0.2) is 24.3 Å². The lowest BCUT2D eigenvalue weighted by Crippen LogP contribution is -2.50. The summed E-state index contributed by atoms with van der Waals surface area (Å²) in [5, 5.41) is 5.07. The van der Waals surface area contributed by atoms with E-state index in [2.05, 4.69) is 28.4 Å². The number of amides is 2. The molecule has 7 nitrogen and oxygen atoms in total. The van der Waals surface area contributed by atoms with Crippen LogP contribution in [-0.2, 0) is 14.3 Å². The summed E-state index contributed by atoms with van der Waals surface area (Å²) in [4.78, 5) is 36.5. The van der Waals surface area contributed by atoms with Crippen LogP contribution in [0.1, 0.15) is 36.7 Å². The van der Waals surface area contributed by atoms with Crippen molar-refractivity contribution in [3.63, 3.8) is 0 Å². The second-order valence-electron chi connectivity index (χ2n) is 6.78. The van der Waals surface area contributed by atoms with E-state index < -0.39 is 23.6 Å². The molecule has 0 aromatic heterocycles. The first-order valence-corrected chi connectivity index (χ1v) is 8.52. The number of nitrogens with one attached hydrogen (secondary N) is 2. The molecule has 0 unspecified atom stereocenters. The molecule has 1 rings (SSSR count). The zero-order chi connectivity index (χ0) is 21.2. The summed E-state index contributed by atoms with van der Waals surface area (Å²) < 4.78 is 9.97. The van der Waals surface area contributed by atoms with E-state index in [0.717, 1.165) is 0 Å². The summed E-state index contributed by atoms with van der Waals surface area (Å²) in [5.74, 6) is 6.57. The van der Waals surface area contributed by atoms with Crippen LogP contribution in [0.5, 0.6) is 0 Å². The topological polar surface area (TPSA) is 93.7 Å². The molecule has 0 heterocycles. The maximum atomic E-state index is 12.4. The number of benzene rings is 1. The first kappa shape index (κ1) is 22.8. The van der Waals surface area contributed by atoms with Gasteiger partial charge in [-0.15, -0.1) is 6.42 Å². The summed E-state index contributed by atoms with van der Waals surface area (Å²) in [6, 6.07) is 5.44. The van der Waals surface area contributed by atoms with E-state index in [1.165, 1.54) is 7.11 Å². The molecule has 0 fully saturated rings. The number of ether oxygens (including phenoxy) is 2. The van der Waals surface area contributed by atoms with E-state index in [1.54, 1.807) is 45.0 Å². The second kappa shape index (κ2) is 10.8. The van der Waals surface area contributed by atoms with Crippen molar-refractivity contribution < 1.29 is 23.9 Å². The molecule has 7 heteroatoms. The lowest BCUT2D eigenvalue weighted by atomic mass is 10.1. The smallest absolute Gasteiger partial charge is 0.407 e. The largest absolute Gasteiger partial charge is 0.444 e. The number of carbonyl (C=O) groups excluding carboxylic acids is 3. The number of hydrogen-bond donors (Lipinski definition) is 2. The van der Waals surface area contributed by atoms with Gasteiger partial charge in [0.05, 0.1) is 0 Å². The predicted molar refractivity (Wildman–Crippen MR) is 105 cm³/mol. The van der Waals surface area contributed by atoms with Crippen LogP contribution in [0.25, 0.3) is 0 Å². The molecule has 0 aliphatic carbocycles. The molecule has 2 amide bonds. The van der Waals surface area contributed by atoms with Crippen LogP contribution >= 0.6 is 0 Å². The van der Waals surface area contributed by atoms with E-state index >= 15 is 0 Å². The van der Waals surface area contributed by atoms with Gasteiger partial charge in [0.25, 0.3) is 5.91 Å². The molecule has 2 N–H and O–H groups in total. The predicted octanol–water partition coefficient (Wildman–Crippen LogP) is 1.51. The number of Topliss-reactive ketones (excluding diaryl/α,β-unsaturated/α-hetero) is 1. The second-order valence-corrected chi connectivity index (χ2v) is 6.78. The van der Waals surface area contributed by atoms with Gasteiger partial charge in [-0.05, 0) is 56.9 Å². The van der Waals surface area contributed by atoms with Crippen molar-refractivity contribution in [2.75, 3.05) is 20.3 Å². The van der Waals surface area contributed by atoms with Gasteiger partial charge < -0.3 is 20.1 Å². The number of terminal acetylenes is 1. The Morgan fingerprint density at radius 1 is 1.18 bits per heavy atom. The highest BCUT2D eigenvalue weighted by Gasteiger charge is 2.23. The Kier molecular flexibility index (Phi) is 8.74. The van der Waals surface area contributed by atoms with Crippen molar-refractivity contribution in [3.8, 4) is 24.2 Å². The molecular weight excluding hydrogens is 360 g/mol. The lowest BCUT2D eigenvalue weighted by molar-refractivity contribution is -0.124. The minimum atomic E-state index is -0.971. The van der Waals surface area contributed by atoms with Crippen LogP contribution in [0.2, 0.25) is 0 Å². The highest BCUT2D eigenvalue weighted by molar-refractivity contribution is 5.98. The molecule has 0 radical (unpaired) electrons. The van der Waals surface area contributed by atoms with Crippen molar-refractivity contribution in [2.45, 2.75) is 32.4 Å². The molecule has 0 bridgehead atoms. The average molecular weight is 384 g/mol. The maximum Gasteiger partial charge on any atom is 0.407 e. The van der Waals surface area contributed by atoms with Crippen molar-refractivity contribution in [3.05, 3.63) is 35.4 Å². The highest BCUT2D eigenvalue weighted by Crippen LogP contribution is 2.07. The number of carbonyl (C=O) groups is 3. The Bertz CT molecular complexity index is 804. The third-order valence-corrected chi connectivity index (χ3v) is 3.26. The Labute approximate surface area is 165 Å². The summed E-state index contributed by atoms with van der Waals surface area (Å²) in [5.41, 5.74) is 0.315. The van der Waals surface area contributed by atoms with E-state index in [4.69, 9.17) is 15.9 Å². The van der Waals surface area contributed by atoms with Crippen molar-refractivity contribution in [1.82, 2.24) is 10.6 Å². The minimum absolute atomic E-state index is 0.130. The standard InChI is InChI=1S/C21H24N2O5/c1-6-7-8-15-9-11-16(12-10-15)19(25)23-17(18(24)14-27-5)13-22-20(26)28-21(2,3)4/h1,9-12,17H,13-14H2,2-5H3,(H,22,26)(H,23,25)/t17-/m0/s1. The van der Waals surface area contributed by atoms with E-state index in [-0.39, 0.29) is 18.9 Å². The fourth-order valence-corrected chi connectivity index (χ4v) is 2.04. The van der Waals surface area contributed by atoms with Gasteiger partial charge in [0.1, 0.15) is 18.2 Å². The molecule has 0 aliphatic rings. The van der Waals surface area contributed by atoms with E-state index in [0.29, 0.717) is 11.1 Å². The molecule has 28 heavy (non-hydrogen) atoms. The van der Waals surface area contributed by atoms with Gasteiger partial charge in [0.2, 0.25) is 0 Å². The van der Waals surface area contributed by atoms with Crippen molar-refractivity contribution in [1.29, 1.82) is 0 Å². The van der Waals surface area contributed by atoms with Gasteiger partial charge in [-0.1, -0.05) is 5.92 Å². The Balaban J connectivity index is 2.80. The summed E-state index contributed by atoms with van der Waals surface area (Å²) in [6.45, 7) is 4.83. The van der Waals surface area contributed by atoms with Gasteiger partial charge in [-0.3, -0.25) is 9.59 Å². The Hall–Kier alpha value is -3.29. The quantitative estimate of drug-likeness (QED) is 0.695. The summed E-state index contributed by atoms with van der Waals surface area (Å²) >= 11 is 0. The third kappa shape index (κ3) is 8.39. The van der Waals surface area contributed by atoms with Gasteiger partial charge >= 0.3 is 6.09 Å². The van der Waals surface area contributed by atoms with E-state index in [1.807, 2.05) is 0 Å². The molecule has 0 aliphatic heterocycles. The molecule has 1 atom stereocenters. The van der Waals surface area contributed by atoms with Crippen LogP contribution < -0.4 is 10.6 Å². The first-order valence-electron chi connectivity index (χ1n) is 8.52. The third-order valence-electron chi connectivity index (χ3n) is 3.26. The van der Waals surface area contributed by atoms with E-state index in [9.17, 15) is 14.4 Å². The average Bonchev–Trinajstić information content (AvgIpc) is 2.62. The number of alkyl carbamates (subject to hydrolysis) is 1. The SMILES string of the molecule is C#CC#Cc1ccc(C(=O)N[C@@H](CNC(=O)OC(C)(C)C)C(=O)COC)cc1. The Morgan fingerprint density at radius 3 is 2.36 bits per heavy atom. The lowest BCUT2D eigenvalue weighted by Gasteiger charge is -2.22. The normalized spacial score (nSPS) is 11.2. The molecule has 1 aromatic carbocycles. The fourth-order valence-electron chi connectivity index (χ4n) is 2.04. The van der Waals surface area contributed by atoms with Gasteiger partial charge in [-0.2, -0.15) is 0 Å². The van der Waals surface area contributed by atoms with Gasteiger partial charge in [0.15, 0.2) is 5.78 Å². The Morgan fingerprint density at radius 2 is 1.82 bits per heavy atom. The number of rotatable bonds is 7. The van der Waals surface area contributed by atoms with Crippen LogP contribution in [0.3, 0.4) is 0 Å². The monoisotopic (exact) mass is 384 g/mol. The maximum absolute atomic E-state index is 12.4. The molecule has 148 valence electrons.